The number of hydrogen-bond acceptors (Lipinski definition) is 4. The second kappa shape index (κ2) is 8.42. The monoisotopic (exact) mass is 383 g/mol. The van der Waals surface area contributed by atoms with E-state index in [0.29, 0.717) is 34.3 Å². The molecule has 0 radical (unpaired) electrons. The smallest absolute Gasteiger partial charge is 0.257 e. The number of nitrogens with one attached hydrogen (secondary N) is 3. The number of amides is 1. The highest BCUT2D eigenvalue weighted by atomic mass is 35.5. The first kappa shape index (κ1) is 18.5. The zero-order chi connectivity index (χ0) is 19.2. The van der Waals surface area contributed by atoms with Crippen LogP contribution in [-0.2, 0) is 6.54 Å². The van der Waals surface area contributed by atoms with E-state index in [1.54, 1.807) is 42.6 Å². The SMILES string of the molecule is COc1ccc(NC(=O)c2ccccc2NCc2ccc(=O)[nH]c2)cc1Cl. The van der Waals surface area contributed by atoms with Crippen LogP contribution in [0.2, 0.25) is 5.02 Å². The molecule has 3 aromatic rings. The number of rotatable bonds is 6. The van der Waals surface area contributed by atoms with E-state index in [1.807, 2.05) is 12.1 Å². The topological polar surface area (TPSA) is 83.2 Å². The minimum absolute atomic E-state index is 0.156. The van der Waals surface area contributed by atoms with Crippen LogP contribution in [0.4, 0.5) is 11.4 Å². The average molecular weight is 384 g/mol. The van der Waals surface area contributed by atoms with Gasteiger partial charge >= 0.3 is 0 Å². The van der Waals surface area contributed by atoms with Crippen molar-refractivity contribution in [1.82, 2.24) is 4.98 Å². The molecule has 0 aliphatic heterocycles. The Morgan fingerprint density at radius 2 is 1.96 bits per heavy atom. The number of carbonyl (C=O) groups excluding carboxylic acids is 1. The summed E-state index contributed by atoms with van der Waals surface area (Å²) in [6, 6.07) is 15.4. The summed E-state index contributed by atoms with van der Waals surface area (Å²) >= 11 is 6.11. The molecule has 0 bridgehead atoms. The predicted octanol–water partition coefficient (Wildman–Crippen LogP) is 3.90. The molecule has 0 aliphatic carbocycles. The van der Waals surface area contributed by atoms with Crippen LogP contribution in [0.3, 0.4) is 0 Å². The van der Waals surface area contributed by atoms with E-state index in [2.05, 4.69) is 15.6 Å². The summed E-state index contributed by atoms with van der Waals surface area (Å²) in [7, 11) is 1.53. The maximum Gasteiger partial charge on any atom is 0.257 e. The minimum atomic E-state index is -0.263. The molecule has 3 N–H and O–H groups in total. The van der Waals surface area contributed by atoms with Gasteiger partial charge in [0, 0.05) is 30.2 Å². The lowest BCUT2D eigenvalue weighted by molar-refractivity contribution is 0.102. The van der Waals surface area contributed by atoms with Crippen molar-refractivity contribution in [2.24, 2.45) is 0 Å². The van der Waals surface area contributed by atoms with E-state index in [4.69, 9.17) is 16.3 Å². The van der Waals surface area contributed by atoms with E-state index in [1.165, 1.54) is 13.2 Å². The fourth-order valence-electron chi connectivity index (χ4n) is 2.53. The largest absolute Gasteiger partial charge is 0.495 e. The number of H-pyrrole nitrogens is 1. The van der Waals surface area contributed by atoms with Gasteiger partial charge in [-0.3, -0.25) is 9.59 Å². The lowest BCUT2D eigenvalue weighted by Crippen LogP contribution is -2.15. The number of aromatic amines is 1. The first-order chi connectivity index (χ1) is 13.1. The van der Waals surface area contributed by atoms with Gasteiger partial charge in [-0.05, 0) is 35.9 Å². The van der Waals surface area contributed by atoms with Crippen LogP contribution in [0.15, 0.2) is 65.6 Å². The van der Waals surface area contributed by atoms with Crippen molar-refractivity contribution >= 4 is 28.9 Å². The molecule has 138 valence electrons. The molecule has 0 atom stereocenters. The number of para-hydroxylation sites is 1. The van der Waals surface area contributed by atoms with Crippen LogP contribution in [0.25, 0.3) is 0 Å². The Balaban J connectivity index is 1.74. The Kier molecular flexibility index (Phi) is 5.78. The number of carbonyl (C=O) groups is 1. The molecular weight excluding hydrogens is 366 g/mol. The Labute approximate surface area is 161 Å². The molecule has 7 heteroatoms. The fraction of sp³-hybridized carbons (Fsp3) is 0.100. The lowest BCUT2D eigenvalue weighted by Gasteiger charge is -2.13. The molecule has 27 heavy (non-hydrogen) atoms. The van der Waals surface area contributed by atoms with Crippen LogP contribution in [0, 0.1) is 0 Å². The number of ether oxygens (including phenoxy) is 1. The number of aromatic nitrogens is 1. The summed E-state index contributed by atoms with van der Waals surface area (Å²) in [5.41, 5.74) is 2.49. The van der Waals surface area contributed by atoms with Crippen molar-refractivity contribution < 1.29 is 9.53 Å². The van der Waals surface area contributed by atoms with Gasteiger partial charge in [-0.25, -0.2) is 0 Å². The number of pyridine rings is 1. The van der Waals surface area contributed by atoms with Gasteiger partial charge in [-0.2, -0.15) is 0 Å². The molecule has 0 saturated carbocycles. The molecule has 0 unspecified atom stereocenters. The molecule has 3 rings (SSSR count). The van der Waals surface area contributed by atoms with Crippen LogP contribution < -0.4 is 20.9 Å². The van der Waals surface area contributed by atoms with E-state index < -0.39 is 0 Å². The summed E-state index contributed by atoms with van der Waals surface area (Å²) in [6.07, 6.45) is 1.64. The highest BCUT2D eigenvalue weighted by molar-refractivity contribution is 6.32. The van der Waals surface area contributed by atoms with Gasteiger partial charge in [0.05, 0.1) is 17.7 Å². The van der Waals surface area contributed by atoms with E-state index in [9.17, 15) is 9.59 Å². The highest BCUT2D eigenvalue weighted by Crippen LogP contribution is 2.28. The van der Waals surface area contributed by atoms with Crippen LogP contribution >= 0.6 is 11.6 Å². The van der Waals surface area contributed by atoms with Crippen LogP contribution in [-0.4, -0.2) is 18.0 Å². The molecular formula is C20H18ClN3O3. The first-order valence-corrected chi connectivity index (χ1v) is 8.60. The zero-order valence-corrected chi connectivity index (χ0v) is 15.3. The maximum atomic E-state index is 12.7. The summed E-state index contributed by atoms with van der Waals surface area (Å²) in [5.74, 6) is 0.276. The van der Waals surface area contributed by atoms with Gasteiger partial charge in [-0.1, -0.05) is 29.8 Å². The Bertz CT molecular complexity index is 997. The maximum absolute atomic E-state index is 12.7. The molecule has 0 aliphatic rings. The van der Waals surface area contributed by atoms with Crippen molar-refractivity contribution in [2.45, 2.75) is 6.54 Å². The third-order valence-electron chi connectivity index (χ3n) is 3.91. The Morgan fingerprint density at radius 3 is 2.67 bits per heavy atom. The standard InChI is InChI=1S/C20H18ClN3O3/c1-27-18-8-7-14(10-16(18)21)24-20(26)15-4-2-3-5-17(15)22-11-13-6-9-19(25)23-12-13/h2-10,12,22H,11H2,1H3,(H,23,25)(H,24,26). The normalized spacial score (nSPS) is 10.3. The van der Waals surface area contributed by atoms with Gasteiger partial charge < -0.3 is 20.4 Å². The third kappa shape index (κ3) is 4.68. The second-order valence-electron chi connectivity index (χ2n) is 5.76. The molecule has 0 fully saturated rings. The van der Waals surface area contributed by atoms with Crippen LogP contribution in [0.5, 0.6) is 5.75 Å². The lowest BCUT2D eigenvalue weighted by atomic mass is 10.1. The van der Waals surface area contributed by atoms with Gasteiger partial charge in [0.15, 0.2) is 0 Å². The molecule has 1 amide bonds. The number of hydrogen-bond donors (Lipinski definition) is 3. The molecule has 2 aromatic carbocycles. The molecule has 1 heterocycles. The van der Waals surface area contributed by atoms with Crippen molar-refractivity contribution in [3.05, 3.63) is 87.3 Å². The zero-order valence-electron chi connectivity index (χ0n) is 14.6. The number of anilines is 2. The number of methoxy groups -OCH3 is 1. The third-order valence-corrected chi connectivity index (χ3v) is 4.21. The van der Waals surface area contributed by atoms with E-state index in [-0.39, 0.29) is 11.5 Å². The van der Waals surface area contributed by atoms with Gasteiger partial charge in [0.1, 0.15) is 5.75 Å². The summed E-state index contributed by atoms with van der Waals surface area (Å²) < 4.78 is 5.11. The van der Waals surface area contributed by atoms with E-state index >= 15 is 0 Å². The highest BCUT2D eigenvalue weighted by Gasteiger charge is 2.12. The average Bonchev–Trinajstić information content (AvgIpc) is 2.68. The van der Waals surface area contributed by atoms with Crippen LogP contribution in [0.1, 0.15) is 15.9 Å². The molecule has 1 aromatic heterocycles. The van der Waals surface area contributed by atoms with Crippen molar-refractivity contribution in [2.75, 3.05) is 17.7 Å². The summed E-state index contributed by atoms with van der Waals surface area (Å²) in [4.78, 5) is 26.4. The molecule has 0 spiro atoms. The molecule has 0 saturated heterocycles. The fourth-order valence-corrected chi connectivity index (χ4v) is 2.79. The predicted molar refractivity (Wildman–Crippen MR) is 107 cm³/mol. The summed E-state index contributed by atoms with van der Waals surface area (Å²) in [5, 5.41) is 6.46. The summed E-state index contributed by atoms with van der Waals surface area (Å²) in [6.45, 7) is 0.468. The molecule has 6 nitrogen and oxygen atoms in total. The van der Waals surface area contributed by atoms with Crippen molar-refractivity contribution in [3.63, 3.8) is 0 Å². The number of benzene rings is 2. The van der Waals surface area contributed by atoms with Gasteiger partial charge in [0.25, 0.3) is 5.91 Å². The quantitative estimate of drug-likeness (QED) is 0.602. The first-order valence-electron chi connectivity index (χ1n) is 8.22. The second-order valence-corrected chi connectivity index (χ2v) is 6.17. The Morgan fingerprint density at radius 1 is 1.15 bits per heavy atom. The van der Waals surface area contributed by atoms with E-state index in [0.717, 1.165) is 5.56 Å². The Hall–Kier alpha value is -3.25. The minimum Gasteiger partial charge on any atom is -0.495 e. The van der Waals surface area contributed by atoms with Crippen molar-refractivity contribution in [1.29, 1.82) is 0 Å². The van der Waals surface area contributed by atoms with Crippen molar-refractivity contribution in [3.8, 4) is 5.75 Å². The van der Waals surface area contributed by atoms with Gasteiger partial charge in [0.2, 0.25) is 5.56 Å². The van der Waals surface area contributed by atoms with Gasteiger partial charge in [-0.15, -0.1) is 0 Å². The number of halogens is 1.